The number of hydrazone groups is 1. The number of hydrogen-bond acceptors (Lipinski definition) is 3. The number of nitrogens with one attached hydrogen (secondary N) is 1. The minimum atomic E-state index is -0.667. The predicted octanol–water partition coefficient (Wildman–Crippen LogP) is 4.91. The van der Waals surface area contributed by atoms with Gasteiger partial charge in [0, 0.05) is 5.39 Å². The van der Waals surface area contributed by atoms with Crippen molar-refractivity contribution < 1.29 is 9.53 Å². The molecule has 1 atom stereocenters. The number of nitrogens with zero attached hydrogens (tertiary/aromatic N) is 1. The molecule has 0 heterocycles. The van der Waals surface area contributed by atoms with Gasteiger partial charge >= 0.3 is 0 Å². The van der Waals surface area contributed by atoms with Crippen molar-refractivity contribution in [1.29, 1.82) is 0 Å². The van der Waals surface area contributed by atoms with Gasteiger partial charge in [-0.25, -0.2) is 5.43 Å². The van der Waals surface area contributed by atoms with E-state index in [0.29, 0.717) is 5.75 Å². The molecule has 4 aromatic rings. The molecular formula is C24H20N2O2. The van der Waals surface area contributed by atoms with Crippen LogP contribution in [-0.2, 0) is 4.79 Å². The average molecular weight is 368 g/mol. The number of amides is 1. The highest BCUT2D eigenvalue weighted by atomic mass is 16.5. The Labute approximate surface area is 163 Å². The van der Waals surface area contributed by atoms with Crippen LogP contribution in [0.3, 0.4) is 0 Å². The number of carbonyl (C=O) groups excluding carboxylic acids is 1. The summed E-state index contributed by atoms with van der Waals surface area (Å²) in [5.41, 5.74) is 3.47. The molecule has 4 heteroatoms. The van der Waals surface area contributed by atoms with E-state index < -0.39 is 6.10 Å². The van der Waals surface area contributed by atoms with E-state index in [9.17, 15) is 4.79 Å². The maximum atomic E-state index is 12.3. The van der Waals surface area contributed by atoms with Crippen LogP contribution >= 0.6 is 0 Å². The molecule has 0 saturated carbocycles. The SMILES string of the molecule is CC(Oc1cccc2ccccc12)C(=O)N/N=C/c1ccc2ccccc2c1. The molecule has 0 spiro atoms. The fourth-order valence-electron chi connectivity index (χ4n) is 3.09. The highest BCUT2D eigenvalue weighted by Crippen LogP contribution is 2.26. The largest absolute Gasteiger partial charge is 0.480 e. The molecule has 0 aliphatic heterocycles. The molecule has 0 aromatic heterocycles. The van der Waals surface area contributed by atoms with E-state index in [1.54, 1.807) is 13.1 Å². The van der Waals surface area contributed by atoms with Crippen molar-refractivity contribution in [2.75, 3.05) is 0 Å². The van der Waals surface area contributed by atoms with Gasteiger partial charge in [-0.05, 0) is 40.8 Å². The van der Waals surface area contributed by atoms with Gasteiger partial charge in [0.25, 0.3) is 5.91 Å². The Morgan fingerprint density at radius 2 is 1.61 bits per heavy atom. The van der Waals surface area contributed by atoms with Crippen LogP contribution in [0.4, 0.5) is 0 Å². The summed E-state index contributed by atoms with van der Waals surface area (Å²) >= 11 is 0. The van der Waals surface area contributed by atoms with Crippen LogP contribution in [0.25, 0.3) is 21.5 Å². The van der Waals surface area contributed by atoms with Crippen LogP contribution < -0.4 is 10.2 Å². The van der Waals surface area contributed by atoms with Gasteiger partial charge in [-0.15, -0.1) is 0 Å². The summed E-state index contributed by atoms with van der Waals surface area (Å²) < 4.78 is 5.86. The van der Waals surface area contributed by atoms with E-state index in [0.717, 1.165) is 21.7 Å². The summed E-state index contributed by atoms with van der Waals surface area (Å²) in [5.74, 6) is 0.379. The Kier molecular flexibility index (Phi) is 5.02. The van der Waals surface area contributed by atoms with Gasteiger partial charge in [-0.1, -0.05) is 72.8 Å². The smallest absolute Gasteiger partial charge is 0.280 e. The molecule has 0 radical (unpaired) electrons. The van der Waals surface area contributed by atoms with Crippen LogP contribution in [0, 0.1) is 0 Å². The lowest BCUT2D eigenvalue weighted by Crippen LogP contribution is -2.33. The minimum Gasteiger partial charge on any atom is -0.480 e. The highest BCUT2D eigenvalue weighted by Gasteiger charge is 2.15. The van der Waals surface area contributed by atoms with Crippen molar-refractivity contribution in [2.45, 2.75) is 13.0 Å². The van der Waals surface area contributed by atoms with Gasteiger partial charge in [0.05, 0.1) is 6.21 Å². The number of carbonyl (C=O) groups is 1. The number of hydrogen-bond donors (Lipinski definition) is 1. The monoisotopic (exact) mass is 368 g/mol. The average Bonchev–Trinajstić information content (AvgIpc) is 2.74. The minimum absolute atomic E-state index is 0.301. The normalized spacial score (nSPS) is 12.3. The molecule has 0 fully saturated rings. The fourth-order valence-corrected chi connectivity index (χ4v) is 3.09. The van der Waals surface area contributed by atoms with Crippen LogP contribution in [-0.4, -0.2) is 18.2 Å². The van der Waals surface area contributed by atoms with Gasteiger partial charge in [0.15, 0.2) is 6.10 Å². The summed E-state index contributed by atoms with van der Waals surface area (Å²) in [7, 11) is 0. The maximum absolute atomic E-state index is 12.3. The number of benzene rings is 4. The highest BCUT2D eigenvalue weighted by molar-refractivity contribution is 5.91. The van der Waals surface area contributed by atoms with Crippen molar-refractivity contribution in [3.63, 3.8) is 0 Å². The fraction of sp³-hybridized carbons (Fsp3) is 0.0833. The zero-order valence-electron chi connectivity index (χ0n) is 15.5. The Morgan fingerprint density at radius 3 is 2.46 bits per heavy atom. The zero-order valence-corrected chi connectivity index (χ0v) is 15.5. The molecule has 138 valence electrons. The third kappa shape index (κ3) is 3.86. The summed E-state index contributed by atoms with van der Waals surface area (Å²) in [4.78, 5) is 12.3. The first kappa shape index (κ1) is 17.7. The first-order valence-corrected chi connectivity index (χ1v) is 9.17. The van der Waals surface area contributed by atoms with Crippen LogP contribution in [0.2, 0.25) is 0 Å². The molecule has 0 aliphatic carbocycles. The molecule has 4 aromatic carbocycles. The third-order valence-corrected chi connectivity index (χ3v) is 4.58. The molecule has 28 heavy (non-hydrogen) atoms. The molecule has 4 rings (SSSR count). The standard InChI is InChI=1S/C24H20N2O2/c1-17(28-23-12-6-10-20-8-4-5-11-22(20)23)24(27)26-25-16-18-13-14-19-7-2-3-9-21(19)15-18/h2-17H,1H3,(H,26,27)/b25-16+. The first-order chi connectivity index (χ1) is 13.7. The molecule has 1 amide bonds. The Bertz CT molecular complexity index is 1160. The molecule has 0 aliphatic rings. The lowest BCUT2D eigenvalue weighted by molar-refractivity contribution is -0.127. The van der Waals surface area contributed by atoms with Crippen molar-refractivity contribution in [2.24, 2.45) is 5.10 Å². The Balaban J connectivity index is 1.41. The van der Waals surface area contributed by atoms with Crippen LogP contribution in [0.5, 0.6) is 5.75 Å². The molecule has 0 saturated heterocycles. The molecular weight excluding hydrogens is 348 g/mol. The lowest BCUT2D eigenvalue weighted by Gasteiger charge is -2.14. The number of ether oxygens (including phenoxy) is 1. The van der Waals surface area contributed by atoms with Gasteiger partial charge in [0.1, 0.15) is 5.75 Å². The predicted molar refractivity (Wildman–Crippen MR) is 114 cm³/mol. The van der Waals surface area contributed by atoms with Gasteiger partial charge in [-0.2, -0.15) is 5.10 Å². The summed E-state index contributed by atoms with van der Waals surface area (Å²) in [6, 6.07) is 27.9. The second-order valence-corrected chi connectivity index (χ2v) is 6.58. The quantitative estimate of drug-likeness (QED) is 0.402. The zero-order chi connectivity index (χ0) is 19.3. The van der Waals surface area contributed by atoms with Crippen molar-refractivity contribution >= 4 is 33.7 Å². The van der Waals surface area contributed by atoms with E-state index in [1.165, 1.54) is 5.39 Å². The van der Waals surface area contributed by atoms with Crippen LogP contribution in [0.15, 0.2) is 90.0 Å². The van der Waals surface area contributed by atoms with E-state index >= 15 is 0 Å². The second kappa shape index (κ2) is 7.92. The maximum Gasteiger partial charge on any atom is 0.280 e. The van der Waals surface area contributed by atoms with Gasteiger partial charge < -0.3 is 4.74 Å². The molecule has 4 nitrogen and oxygen atoms in total. The van der Waals surface area contributed by atoms with Crippen LogP contribution in [0.1, 0.15) is 12.5 Å². The molecule has 1 unspecified atom stereocenters. The van der Waals surface area contributed by atoms with Gasteiger partial charge in [-0.3, -0.25) is 4.79 Å². The second-order valence-electron chi connectivity index (χ2n) is 6.58. The first-order valence-electron chi connectivity index (χ1n) is 9.17. The third-order valence-electron chi connectivity index (χ3n) is 4.58. The van der Waals surface area contributed by atoms with E-state index in [-0.39, 0.29) is 5.91 Å². The number of fused-ring (bicyclic) bond motifs is 2. The Morgan fingerprint density at radius 1 is 0.893 bits per heavy atom. The topological polar surface area (TPSA) is 50.7 Å². The van der Waals surface area contributed by atoms with Gasteiger partial charge in [0.2, 0.25) is 0 Å². The molecule has 1 N–H and O–H groups in total. The summed E-state index contributed by atoms with van der Waals surface area (Å²) in [6.45, 7) is 1.71. The van der Waals surface area contributed by atoms with Crippen molar-refractivity contribution in [3.8, 4) is 5.75 Å². The van der Waals surface area contributed by atoms with E-state index in [2.05, 4.69) is 16.6 Å². The van der Waals surface area contributed by atoms with Crippen molar-refractivity contribution in [1.82, 2.24) is 5.43 Å². The Hall–Kier alpha value is -3.66. The van der Waals surface area contributed by atoms with E-state index in [4.69, 9.17) is 4.74 Å². The lowest BCUT2D eigenvalue weighted by atomic mass is 10.1. The molecule has 0 bridgehead atoms. The summed E-state index contributed by atoms with van der Waals surface area (Å²) in [5, 5.41) is 8.41. The van der Waals surface area contributed by atoms with Crippen molar-refractivity contribution in [3.05, 3.63) is 90.5 Å². The summed E-state index contributed by atoms with van der Waals surface area (Å²) in [6.07, 6.45) is 0.967. The van der Waals surface area contributed by atoms with E-state index in [1.807, 2.05) is 78.9 Å². The number of rotatable bonds is 5.